The maximum Gasteiger partial charge on any atom is 0.203 e. The summed E-state index contributed by atoms with van der Waals surface area (Å²) in [6.07, 6.45) is 1.78. The van der Waals surface area contributed by atoms with Crippen LogP contribution in [0.1, 0.15) is 30.0 Å². The molecule has 1 N–H and O–H groups in total. The van der Waals surface area contributed by atoms with E-state index in [0.29, 0.717) is 5.92 Å². The van der Waals surface area contributed by atoms with Crippen LogP contribution >= 0.6 is 11.3 Å². The fraction of sp³-hybridized carbons (Fsp3) is 0.375. The molecule has 2 rings (SSSR count). The zero-order valence-corrected chi connectivity index (χ0v) is 13.7. The minimum Gasteiger partial charge on any atom is -0.493 e. The summed E-state index contributed by atoms with van der Waals surface area (Å²) < 4.78 is 5.64. The molecule has 2 aromatic rings. The van der Waals surface area contributed by atoms with E-state index in [2.05, 4.69) is 36.3 Å². The molecule has 0 saturated carbocycles. The molecule has 4 nitrogen and oxygen atoms in total. The van der Waals surface area contributed by atoms with Crippen molar-refractivity contribution in [3.63, 3.8) is 0 Å². The number of nitrogens with zero attached hydrogens (tertiary/aromatic N) is 2. The molecule has 112 valence electrons. The van der Waals surface area contributed by atoms with Crippen LogP contribution in [-0.2, 0) is 0 Å². The highest BCUT2D eigenvalue weighted by molar-refractivity contribution is 7.15. The Morgan fingerprint density at radius 1 is 1.29 bits per heavy atom. The number of ether oxygens (including phenoxy) is 1. The van der Waals surface area contributed by atoms with Gasteiger partial charge in [-0.25, -0.2) is 4.98 Å². The first-order chi connectivity index (χ1) is 10.0. The number of nitrogens with one attached hydrogen (secondary N) is 1. The molecule has 0 spiro atoms. The van der Waals surface area contributed by atoms with Gasteiger partial charge in [0.15, 0.2) is 0 Å². The standard InChI is InChI=1S/C16H21N3OS/c1-11(2)10-20-15-7-5-14(6-8-15)9-17-19-16-18-12(3)13(4)21-16/h5-9,11H,10H2,1-4H3,(H,18,19)/b17-9-. The summed E-state index contributed by atoms with van der Waals surface area (Å²) in [4.78, 5) is 5.58. The van der Waals surface area contributed by atoms with Crippen molar-refractivity contribution in [1.29, 1.82) is 0 Å². The maximum absolute atomic E-state index is 5.64. The molecule has 1 aromatic heterocycles. The first-order valence-corrected chi connectivity index (χ1v) is 7.82. The van der Waals surface area contributed by atoms with Gasteiger partial charge in [-0.05, 0) is 49.6 Å². The van der Waals surface area contributed by atoms with Gasteiger partial charge in [-0.15, -0.1) is 11.3 Å². The van der Waals surface area contributed by atoms with Crippen LogP contribution in [0.2, 0.25) is 0 Å². The molecule has 5 heteroatoms. The second-order valence-electron chi connectivity index (χ2n) is 5.30. The van der Waals surface area contributed by atoms with Crippen molar-refractivity contribution in [2.24, 2.45) is 11.0 Å². The van der Waals surface area contributed by atoms with Crippen molar-refractivity contribution in [3.8, 4) is 5.75 Å². The lowest BCUT2D eigenvalue weighted by molar-refractivity contribution is 0.271. The fourth-order valence-corrected chi connectivity index (χ4v) is 2.36. The summed E-state index contributed by atoms with van der Waals surface area (Å²) >= 11 is 1.61. The SMILES string of the molecule is Cc1nc(N/N=C\c2ccc(OCC(C)C)cc2)sc1C. The number of hydrogen-bond donors (Lipinski definition) is 1. The van der Waals surface area contributed by atoms with E-state index in [-0.39, 0.29) is 0 Å². The lowest BCUT2D eigenvalue weighted by Gasteiger charge is -2.08. The number of aryl methyl sites for hydroxylation is 2. The van der Waals surface area contributed by atoms with Crippen molar-refractivity contribution in [1.82, 2.24) is 4.98 Å². The van der Waals surface area contributed by atoms with Gasteiger partial charge in [0.2, 0.25) is 5.13 Å². The van der Waals surface area contributed by atoms with Gasteiger partial charge < -0.3 is 4.74 Å². The Morgan fingerprint density at radius 3 is 2.57 bits per heavy atom. The normalized spacial score (nSPS) is 11.3. The van der Waals surface area contributed by atoms with E-state index < -0.39 is 0 Å². The number of anilines is 1. The summed E-state index contributed by atoms with van der Waals surface area (Å²) in [6.45, 7) is 9.05. The van der Waals surface area contributed by atoms with Crippen LogP contribution in [0.15, 0.2) is 29.4 Å². The minimum atomic E-state index is 0.528. The van der Waals surface area contributed by atoms with Crippen LogP contribution in [0.4, 0.5) is 5.13 Å². The van der Waals surface area contributed by atoms with Crippen molar-refractivity contribution < 1.29 is 4.74 Å². The van der Waals surface area contributed by atoms with Gasteiger partial charge in [-0.1, -0.05) is 13.8 Å². The third kappa shape index (κ3) is 4.86. The first kappa shape index (κ1) is 15.5. The van der Waals surface area contributed by atoms with Crippen molar-refractivity contribution in [2.45, 2.75) is 27.7 Å². The van der Waals surface area contributed by atoms with Crippen molar-refractivity contribution >= 4 is 22.7 Å². The molecule has 0 radical (unpaired) electrons. The van der Waals surface area contributed by atoms with Crippen LogP contribution in [0.25, 0.3) is 0 Å². The topological polar surface area (TPSA) is 46.5 Å². The predicted octanol–water partition coefficient (Wildman–Crippen LogP) is 4.24. The second kappa shape index (κ2) is 7.22. The Kier molecular flexibility index (Phi) is 5.33. The molecule has 0 aliphatic carbocycles. The summed E-state index contributed by atoms with van der Waals surface area (Å²) in [5.74, 6) is 1.42. The largest absolute Gasteiger partial charge is 0.493 e. The third-order valence-electron chi connectivity index (χ3n) is 2.87. The van der Waals surface area contributed by atoms with Gasteiger partial charge >= 0.3 is 0 Å². The van der Waals surface area contributed by atoms with Gasteiger partial charge in [0.1, 0.15) is 5.75 Å². The van der Waals surface area contributed by atoms with Crippen molar-refractivity contribution in [3.05, 3.63) is 40.4 Å². The maximum atomic E-state index is 5.64. The highest BCUT2D eigenvalue weighted by Crippen LogP contribution is 2.20. The lowest BCUT2D eigenvalue weighted by Crippen LogP contribution is -2.04. The summed E-state index contributed by atoms with van der Waals surface area (Å²) in [7, 11) is 0. The monoisotopic (exact) mass is 303 g/mol. The molecular weight excluding hydrogens is 282 g/mol. The number of aromatic nitrogens is 1. The molecular formula is C16H21N3OS. The van der Waals surface area contributed by atoms with Gasteiger partial charge in [0, 0.05) is 4.88 Å². The number of thiazole rings is 1. The van der Waals surface area contributed by atoms with Gasteiger partial charge in [-0.3, -0.25) is 5.43 Å². The molecule has 0 amide bonds. The Hall–Kier alpha value is -1.88. The number of hydrogen-bond acceptors (Lipinski definition) is 5. The van der Waals surface area contributed by atoms with Crippen LogP contribution in [-0.4, -0.2) is 17.8 Å². The molecule has 0 atom stereocenters. The van der Waals surface area contributed by atoms with Crippen molar-refractivity contribution in [2.75, 3.05) is 12.0 Å². The average Bonchev–Trinajstić information content (AvgIpc) is 2.77. The molecule has 0 fully saturated rings. The number of rotatable bonds is 6. The van der Waals surface area contributed by atoms with Gasteiger partial charge in [0.25, 0.3) is 0 Å². The lowest BCUT2D eigenvalue weighted by atomic mass is 10.2. The van der Waals surface area contributed by atoms with E-state index in [1.807, 2.05) is 31.2 Å². The molecule has 21 heavy (non-hydrogen) atoms. The quantitative estimate of drug-likeness (QED) is 0.641. The van der Waals surface area contributed by atoms with Crippen LogP contribution in [0.5, 0.6) is 5.75 Å². The Labute approximate surface area is 129 Å². The predicted molar refractivity (Wildman–Crippen MR) is 89.6 cm³/mol. The summed E-state index contributed by atoms with van der Waals surface area (Å²) in [5, 5.41) is 5.02. The molecule has 1 aromatic carbocycles. The Morgan fingerprint density at radius 2 is 2.00 bits per heavy atom. The molecule has 0 aliphatic rings. The van der Waals surface area contributed by atoms with E-state index >= 15 is 0 Å². The minimum absolute atomic E-state index is 0.528. The molecule has 0 aliphatic heterocycles. The first-order valence-electron chi connectivity index (χ1n) is 7.00. The summed E-state index contributed by atoms with van der Waals surface area (Å²) in [5.41, 5.74) is 5.02. The third-order valence-corrected chi connectivity index (χ3v) is 3.84. The molecule has 0 saturated heterocycles. The van der Waals surface area contributed by atoms with Crippen LogP contribution in [0.3, 0.4) is 0 Å². The smallest absolute Gasteiger partial charge is 0.203 e. The number of benzene rings is 1. The van der Waals surface area contributed by atoms with E-state index in [9.17, 15) is 0 Å². The Balaban J connectivity index is 1.89. The van der Waals surface area contributed by atoms with Gasteiger partial charge in [0.05, 0.1) is 18.5 Å². The van der Waals surface area contributed by atoms with E-state index in [1.54, 1.807) is 17.6 Å². The zero-order chi connectivity index (χ0) is 15.2. The zero-order valence-electron chi connectivity index (χ0n) is 12.9. The second-order valence-corrected chi connectivity index (χ2v) is 6.51. The van der Waals surface area contributed by atoms with E-state index in [1.165, 1.54) is 4.88 Å². The van der Waals surface area contributed by atoms with Crippen LogP contribution < -0.4 is 10.2 Å². The van der Waals surface area contributed by atoms with E-state index in [0.717, 1.165) is 28.7 Å². The Bertz CT molecular complexity index is 583. The summed E-state index contributed by atoms with van der Waals surface area (Å²) in [6, 6.07) is 7.89. The highest BCUT2D eigenvalue weighted by Gasteiger charge is 2.01. The fourth-order valence-electron chi connectivity index (χ4n) is 1.60. The van der Waals surface area contributed by atoms with Gasteiger partial charge in [-0.2, -0.15) is 5.10 Å². The highest BCUT2D eigenvalue weighted by atomic mass is 32.1. The molecule has 0 bridgehead atoms. The van der Waals surface area contributed by atoms with Crippen LogP contribution in [0, 0.1) is 19.8 Å². The van der Waals surface area contributed by atoms with E-state index in [4.69, 9.17) is 4.74 Å². The number of hydrazone groups is 1. The average molecular weight is 303 g/mol. The molecule has 0 unspecified atom stereocenters. The molecule has 1 heterocycles.